The molecular weight excluding hydrogens is 430 g/mol. The molecule has 2 N–H and O–H groups in total. The average molecular weight is 452 g/mol. The van der Waals surface area contributed by atoms with Gasteiger partial charge in [-0.05, 0) is 42.2 Å². The summed E-state index contributed by atoms with van der Waals surface area (Å²) in [6.07, 6.45) is 0.331. The van der Waals surface area contributed by atoms with E-state index in [1.54, 1.807) is 28.8 Å². The van der Waals surface area contributed by atoms with Crippen molar-refractivity contribution in [2.45, 2.75) is 25.3 Å². The molecule has 7 nitrogen and oxygen atoms in total. The van der Waals surface area contributed by atoms with Gasteiger partial charge < -0.3 is 19.7 Å². The number of aromatic nitrogens is 1. The molecule has 1 aromatic heterocycles. The summed E-state index contributed by atoms with van der Waals surface area (Å²) in [5.74, 6) is -1.26. The number of benzene rings is 2. The van der Waals surface area contributed by atoms with Crippen LogP contribution in [0.15, 0.2) is 36.4 Å². The average Bonchev–Trinajstić information content (AvgIpc) is 3.36. The molecule has 3 aromatic rings. The number of nitrogens with zero attached hydrogens (tertiary/aromatic N) is 2. The molecule has 1 saturated heterocycles. The topological polar surface area (TPSA) is 84.9 Å². The van der Waals surface area contributed by atoms with E-state index in [0.29, 0.717) is 40.6 Å². The zero-order valence-electron chi connectivity index (χ0n) is 17.7. The van der Waals surface area contributed by atoms with Crippen molar-refractivity contribution >= 4 is 40.1 Å². The molecule has 1 atom stereocenters. The first kappa shape index (κ1) is 21.9. The summed E-state index contributed by atoms with van der Waals surface area (Å²) in [6.45, 7) is 10.2. The van der Waals surface area contributed by atoms with Crippen LogP contribution in [0.5, 0.6) is 0 Å². The number of hydrogen-bond donors (Lipinski definition) is 2. The maximum Gasteiger partial charge on any atom is 0.307 e. The number of nitrogens with one attached hydrogen (secondary N) is 1. The van der Waals surface area contributed by atoms with Crippen molar-refractivity contribution in [2.24, 2.45) is 7.05 Å². The fraction of sp³-hybridized carbons (Fsp3) is 0.292. The Morgan fingerprint density at radius 1 is 1.31 bits per heavy atom. The number of aryl methyl sites for hydroxylation is 2. The largest absolute Gasteiger partial charge is 0.481 e. The minimum atomic E-state index is -0.967. The molecule has 0 aliphatic carbocycles. The third-order valence-corrected chi connectivity index (χ3v) is 6.52. The first-order valence-corrected chi connectivity index (χ1v) is 10.5. The fourth-order valence-corrected chi connectivity index (χ4v) is 4.50. The molecule has 32 heavy (non-hydrogen) atoms. The molecule has 164 valence electrons. The van der Waals surface area contributed by atoms with Crippen molar-refractivity contribution in [3.63, 3.8) is 0 Å². The number of ether oxygens (including phenoxy) is 1. The van der Waals surface area contributed by atoms with E-state index < -0.39 is 11.5 Å². The first-order chi connectivity index (χ1) is 15.3. The third kappa shape index (κ3) is 3.72. The molecule has 4 rings (SSSR count). The number of hydrogen-bond acceptors (Lipinski definition) is 3. The monoisotopic (exact) mass is 451 g/mol. The Morgan fingerprint density at radius 3 is 2.75 bits per heavy atom. The second-order valence-corrected chi connectivity index (χ2v) is 8.47. The van der Waals surface area contributed by atoms with E-state index in [2.05, 4.69) is 10.2 Å². The van der Waals surface area contributed by atoms with Gasteiger partial charge in [0.05, 0.1) is 30.2 Å². The molecule has 0 spiro atoms. The van der Waals surface area contributed by atoms with Crippen LogP contribution < -0.4 is 5.32 Å². The van der Waals surface area contributed by atoms with Crippen LogP contribution in [-0.2, 0) is 28.5 Å². The molecule has 1 aliphatic heterocycles. The predicted molar refractivity (Wildman–Crippen MR) is 121 cm³/mol. The molecule has 0 bridgehead atoms. The maximum absolute atomic E-state index is 13.4. The van der Waals surface area contributed by atoms with Crippen LogP contribution >= 0.6 is 11.6 Å². The number of carboxylic acid groups (broad SMARTS) is 1. The summed E-state index contributed by atoms with van der Waals surface area (Å²) in [5, 5.41) is 13.6. The van der Waals surface area contributed by atoms with Crippen molar-refractivity contribution in [3.05, 3.63) is 75.2 Å². The van der Waals surface area contributed by atoms with E-state index in [9.17, 15) is 9.59 Å². The molecule has 1 unspecified atom stereocenters. The molecule has 1 amide bonds. The third-order valence-electron chi connectivity index (χ3n) is 6.01. The number of rotatable bonds is 5. The van der Waals surface area contributed by atoms with Crippen LogP contribution in [0, 0.1) is 13.5 Å². The summed E-state index contributed by atoms with van der Waals surface area (Å²) >= 11 is 6.46. The minimum Gasteiger partial charge on any atom is -0.481 e. The number of amides is 1. The number of fused-ring (bicyclic) bond motifs is 1. The van der Waals surface area contributed by atoms with Gasteiger partial charge in [-0.25, -0.2) is 4.85 Å². The van der Waals surface area contributed by atoms with Gasteiger partial charge in [0.1, 0.15) is 5.69 Å². The summed E-state index contributed by atoms with van der Waals surface area (Å²) in [5.41, 5.74) is 2.82. The van der Waals surface area contributed by atoms with Gasteiger partial charge in [0, 0.05) is 24.6 Å². The molecule has 0 saturated carbocycles. The first-order valence-electron chi connectivity index (χ1n) is 10.1. The molecular formula is C24H22ClN3O4. The molecule has 8 heteroatoms. The van der Waals surface area contributed by atoms with Crippen molar-refractivity contribution in [3.8, 4) is 0 Å². The number of carbonyl (C=O) groups is 2. The Balaban J connectivity index is 1.73. The van der Waals surface area contributed by atoms with Crippen LogP contribution in [-0.4, -0.2) is 34.8 Å². The lowest BCUT2D eigenvalue weighted by atomic mass is 9.86. The standard InChI is InChI=1S/C24H22ClN3O4/c1-14-4-7-19-16(22(14)25)12-20(28(19)3)23(31)27-24(8-9-32-13-24)17-6-5-15(11-21(29)30)10-18(17)26-2/h4-7,10,12H,8-9,11,13H2,1,3H3,(H,27,31)(H,29,30). The lowest BCUT2D eigenvalue weighted by Crippen LogP contribution is -2.47. The van der Waals surface area contributed by atoms with E-state index in [-0.39, 0.29) is 18.9 Å². The highest BCUT2D eigenvalue weighted by Gasteiger charge is 2.40. The van der Waals surface area contributed by atoms with Crippen molar-refractivity contribution in [1.82, 2.24) is 9.88 Å². The highest BCUT2D eigenvalue weighted by Crippen LogP contribution is 2.38. The Morgan fingerprint density at radius 2 is 2.09 bits per heavy atom. The van der Waals surface area contributed by atoms with E-state index in [1.807, 2.05) is 26.1 Å². The zero-order chi connectivity index (χ0) is 23.0. The Kier molecular flexibility index (Phi) is 5.68. The van der Waals surface area contributed by atoms with Gasteiger partial charge in [-0.3, -0.25) is 9.59 Å². The van der Waals surface area contributed by atoms with Gasteiger partial charge >= 0.3 is 5.97 Å². The maximum atomic E-state index is 13.4. The lowest BCUT2D eigenvalue weighted by molar-refractivity contribution is -0.136. The highest BCUT2D eigenvalue weighted by molar-refractivity contribution is 6.36. The van der Waals surface area contributed by atoms with Crippen molar-refractivity contribution in [1.29, 1.82) is 0 Å². The van der Waals surface area contributed by atoms with Crippen LogP contribution in [0.25, 0.3) is 15.7 Å². The number of carbonyl (C=O) groups excluding carboxylic acids is 1. The Bertz CT molecular complexity index is 1280. The number of halogens is 1. The number of carboxylic acids is 1. The lowest BCUT2D eigenvalue weighted by Gasteiger charge is -2.31. The molecule has 1 aliphatic rings. The van der Waals surface area contributed by atoms with Gasteiger partial charge in [0.2, 0.25) is 0 Å². The van der Waals surface area contributed by atoms with Crippen molar-refractivity contribution < 1.29 is 19.4 Å². The summed E-state index contributed by atoms with van der Waals surface area (Å²) < 4.78 is 7.43. The summed E-state index contributed by atoms with van der Waals surface area (Å²) in [4.78, 5) is 28.1. The quantitative estimate of drug-likeness (QED) is 0.564. The minimum absolute atomic E-state index is 0.172. The van der Waals surface area contributed by atoms with Gasteiger partial charge in [0.15, 0.2) is 5.69 Å². The normalized spacial score (nSPS) is 17.9. The van der Waals surface area contributed by atoms with E-state index >= 15 is 0 Å². The van der Waals surface area contributed by atoms with Gasteiger partial charge in [-0.15, -0.1) is 0 Å². The predicted octanol–water partition coefficient (Wildman–Crippen LogP) is 4.36. The summed E-state index contributed by atoms with van der Waals surface area (Å²) in [7, 11) is 1.81. The van der Waals surface area contributed by atoms with Crippen molar-refractivity contribution in [2.75, 3.05) is 13.2 Å². The van der Waals surface area contributed by atoms with Crippen LogP contribution in [0.4, 0.5) is 5.69 Å². The molecule has 1 fully saturated rings. The van der Waals surface area contributed by atoms with Crippen LogP contribution in [0.3, 0.4) is 0 Å². The van der Waals surface area contributed by atoms with Gasteiger partial charge in [-0.2, -0.15) is 0 Å². The smallest absolute Gasteiger partial charge is 0.307 e. The van der Waals surface area contributed by atoms with Crippen LogP contribution in [0.1, 0.15) is 33.6 Å². The van der Waals surface area contributed by atoms with Crippen LogP contribution in [0.2, 0.25) is 5.02 Å². The molecule has 2 heterocycles. The second kappa shape index (κ2) is 8.30. The fourth-order valence-electron chi connectivity index (χ4n) is 4.29. The van der Waals surface area contributed by atoms with E-state index in [4.69, 9.17) is 28.0 Å². The summed E-state index contributed by atoms with van der Waals surface area (Å²) in [6, 6.07) is 10.6. The zero-order valence-corrected chi connectivity index (χ0v) is 18.5. The Labute approximate surface area is 190 Å². The molecule has 2 aromatic carbocycles. The molecule has 0 radical (unpaired) electrons. The number of aliphatic carboxylic acids is 1. The van der Waals surface area contributed by atoms with E-state index in [1.165, 1.54) is 0 Å². The Hall–Kier alpha value is -3.34. The highest BCUT2D eigenvalue weighted by atomic mass is 35.5. The van der Waals surface area contributed by atoms with Gasteiger partial charge in [0.25, 0.3) is 5.91 Å². The second-order valence-electron chi connectivity index (χ2n) is 8.09. The van der Waals surface area contributed by atoms with E-state index in [0.717, 1.165) is 16.5 Å². The SMILES string of the molecule is [C-]#[N+]c1cc(CC(=O)O)ccc1C1(NC(=O)c2cc3c(Cl)c(C)ccc3n2C)CCOC1. The van der Waals surface area contributed by atoms with Gasteiger partial charge in [-0.1, -0.05) is 35.9 Å².